The third kappa shape index (κ3) is 3.74. The van der Waals surface area contributed by atoms with Crippen LogP contribution in [0.4, 0.5) is 4.79 Å². The lowest BCUT2D eigenvalue weighted by molar-refractivity contribution is -0.149. The van der Waals surface area contributed by atoms with Gasteiger partial charge >= 0.3 is 12.0 Å². The van der Waals surface area contributed by atoms with Gasteiger partial charge in [-0.1, -0.05) is 6.42 Å². The minimum absolute atomic E-state index is 0.0217. The molecule has 3 aliphatic rings. The van der Waals surface area contributed by atoms with Crippen LogP contribution < -0.4 is 10.1 Å². The van der Waals surface area contributed by atoms with Gasteiger partial charge in [0.25, 0.3) is 0 Å². The minimum atomic E-state index is -0.765. The van der Waals surface area contributed by atoms with Crippen molar-refractivity contribution in [3.05, 3.63) is 23.9 Å². The number of amides is 2. The van der Waals surface area contributed by atoms with Crippen molar-refractivity contribution in [3.8, 4) is 11.9 Å². The zero-order valence-corrected chi connectivity index (χ0v) is 16.3. The van der Waals surface area contributed by atoms with Gasteiger partial charge in [-0.05, 0) is 56.6 Å². The molecule has 2 amide bonds. The smallest absolute Gasteiger partial charge is 0.317 e. The predicted octanol–water partition coefficient (Wildman–Crippen LogP) is 2.54. The van der Waals surface area contributed by atoms with Crippen molar-refractivity contribution < 1.29 is 19.4 Å². The number of aliphatic carboxylic acids is 1. The number of nitrogens with one attached hydrogen (secondary N) is 1. The first kappa shape index (κ1) is 19.5. The van der Waals surface area contributed by atoms with Crippen molar-refractivity contribution in [2.75, 3.05) is 13.1 Å². The molecule has 8 nitrogen and oxygen atoms in total. The molecule has 1 aromatic heterocycles. The highest BCUT2D eigenvalue weighted by Crippen LogP contribution is 2.48. The number of hydrogen-bond acceptors (Lipinski definition) is 5. The number of carboxylic acids is 1. The number of aromatic nitrogens is 1. The lowest BCUT2D eigenvalue weighted by Crippen LogP contribution is -2.47. The standard InChI is InChI=1S/C21H26N4O4/c22-11-14-3-2-10-23-18(14)29-17-7-5-16(6-8-17)24-20(28)25-12-15-4-1-9-21(15,13-25)19(26)27/h2-3,10,15-17H,1,4-9,12-13H2,(H,24,28)(H,26,27)/t15-,16?,17?,21+/m0/s1. The maximum Gasteiger partial charge on any atom is 0.317 e. The van der Waals surface area contributed by atoms with Gasteiger partial charge in [0, 0.05) is 25.3 Å². The number of carboxylic acid groups (broad SMARTS) is 1. The topological polar surface area (TPSA) is 116 Å². The SMILES string of the molecule is N#Cc1cccnc1OC1CCC(NC(=O)N2C[C@@H]3CCC[C@@]3(C(=O)O)C2)CC1. The second-order valence-corrected chi connectivity index (χ2v) is 8.44. The van der Waals surface area contributed by atoms with E-state index in [2.05, 4.69) is 16.4 Å². The molecule has 2 N–H and O–H groups in total. The Morgan fingerprint density at radius 1 is 1.31 bits per heavy atom. The Morgan fingerprint density at radius 2 is 2.10 bits per heavy atom. The number of rotatable bonds is 4. The summed E-state index contributed by atoms with van der Waals surface area (Å²) in [6.45, 7) is 0.848. The molecule has 4 rings (SSSR count). The first-order valence-corrected chi connectivity index (χ1v) is 10.3. The molecule has 0 spiro atoms. The molecule has 0 bridgehead atoms. The summed E-state index contributed by atoms with van der Waals surface area (Å²) in [6, 6.07) is 5.38. The highest BCUT2D eigenvalue weighted by molar-refractivity contribution is 5.80. The second kappa shape index (κ2) is 7.90. The highest BCUT2D eigenvalue weighted by Gasteiger charge is 2.55. The van der Waals surface area contributed by atoms with E-state index in [1.54, 1.807) is 23.2 Å². The van der Waals surface area contributed by atoms with Gasteiger partial charge in [0.15, 0.2) is 0 Å². The normalized spacial score (nSPS) is 31.0. The predicted molar refractivity (Wildman–Crippen MR) is 103 cm³/mol. The molecule has 29 heavy (non-hydrogen) atoms. The molecule has 1 aliphatic heterocycles. The van der Waals surface area contributed by atoms with E-state index in [9.17, 15) is 14.7 Å². The number of likely N-dealkylation sites (tertiary alicyclic amines) is 1. The van der Waals surface area contributed by atoms with Crippen molar-refractivity contribution in [1.82, 2.24) is 15.2 Å². The monoisotopic (exact) mass is 398 g/mol. The van der Waals surface area contributed by atoms with Gasteiger partial charge in [0.05, 0.1) is 5.41 Å². The number of hydrogen-bond donors (Lipinski definition) is 2. The quantitative estimate of drug-likeness (QED) is 0.805. The van der Waals surface area contributed by atoms with E-state index in [0.717, 1.165) is 38.5 Å². The molecule has 2 aliphatic carbocycles. The second-order valence-electron chi connectivity index (χ2n) is 8.44. The van der Waals surface area contributed by atoms with Crippen molar-refractivity contribution in [2.45, 2.75) is 57.1 Å². The number of nitrogens with zero attached hydrogens (tertiary/aromatic N) is 3. The van der Waals surface area contributed by atoms with Gasteiger partial charge in [-0.25, -0.2) is 9.78 Å². The van der Waals surface area contributed by atoms with E-state index in [-0.39, 0.29) is 24.1 Å². The van der Waals surface area contributed by atoms with Gasteiger partial charge in [-0.3, -0.25) is 4.79 Å². The molecule has 2 heterocycles. The fraction of sp³-hybridized carbons (Fsp3) is 0.619. The summed E-state index contributed by atoms with van der Waals surface area (Å²) in [5, 5.41) is 21.9. The van der Waals surface area contributed by atoms with Crippen LogP contribution in [0.15, 0.2) is 18.3 Å². The highest BCUT2D eigenvalue weighted by atomic mass is 16.5. The number of carbonyl (C=O) groups is 2. The number of urea groups is 1. The van der Waals surface area contributed by atoms with E-state index in [1.165, 1.54) is 0 Å². The Bertz CT molecular complexity index is 830. The van der Waals surface area contributed by atoms with Gasteiger partial charge in [-0.2, -0.15) is 5.26 Å². The van der Waals surface area contributed by atoms with E-state index in [4.69, 9.17) is 10.00 Å². The van der Waals surface area contributed by atoms with Crippen LogP contribution in [0.3, 0.4) is 0 Å². The van der Waals surface area contributed by atoms with Gasteiger partial charge < -0.3 is 20.1 Å². The molecular weight excluding hydrogens is 372 g/mol. The van der Waals surface area contributed by atoms with Crippen molar-refractivity contribution in [1.29, 1.82) is 5.26 Å². The van der Waals surface area contributed by atoms with Crippen LogP contribution in [0.2, 0.25) is 0 Å². The third-order valence-electron chi connectivity index (χ3n) is 6.76. The minimum Gasteiger partial charge on any atom is -0.481 e. The zero-order chi connectivity index (χ0) is 20.4. The van der Waals surface area contributed by atoms with Crippen LogP contribution in [0.5, 0.6) is 5.88 Å². The molecule has 0 radical (unpaired) electrons. The Hall–Kier alpha value is -2.82. The molecular formula is C21H26N4O4. The van der Waals surface area contributed by atoms with Crippen LogP contribution in [0.1, 0.15) is 50.5 Å². The summed E-state index contributed by atoms with van der Waals surface area (Å²) in [4.78, 5) is 30.3. The number of ether oxygens (including phenoxy) is 1. The molecule has 154 valence electrons. The summed E-state index contributed by atoms with van der Waals surface area (Å²) < 4.78 is 5.90. The zero-order valence-electron chi connectivity index (χ0n) is 16.3. The Balaban J connectivity index is 1.27. The lowest BCUT2D eigenvalue weighted by atomic mass is 9.81. The average Bonchev–Trinajstić information content (AvgIpc) is 3.29. The molecule has 3 fully saturated rings. The number of pyridine rings is 1. The number of fused-ring (bicyclic) bond motifs is 1. The molecule has 1 aromatic rings. The third-order valence-corrected chi connectivity index (χ3v) is 6.76. The first-order chi connectivity index (χ1) is 14.0. The number of carbonyl (C=O) groups excluding carboxylic acids is 1. The van der Waals surface area contributed by atoms with Gasteiger partial charge in [0.2, 0.25) is 5.88 Å². The summed E-state index contributed by atoms with van der Waals surface area (Å²) in [6.07, 6.45) is 7.18. The average molecular weight is 398 g/mol. The summed E-state index contributed by atoms with van der Waals surface area (Å²) in [7, 11) is 0. The molecule has 1 saturated heterocycles. The van der Waals surface area contributed by atoms with Crippen LogP contribution in [0, 0.1) is 22.7 Å². The Kier molecular flexibility index (Phi) is 5.31. The maximum atomic E-state index is 12.7. The maximum absolute atomic E-state index is 12.7. The Labute approximate surface area is 169 Å². The van der Waals surface area contributed by atoms with Gasteiger partial charge in [-0.15, -0.1) is 0 Å². The van der Waals surface area contributed by atoms with Crippen LogP contribution in [-0.4, -0.2) is 52.2 Å². The number of nitriles is 1. The van der Waals surface area contributed by atoms with E-state index >= 15 is 0 Å². The Morgan fingerprint density at radius 3 is 2.79 bits per heavy atom. The van der Waals surface area contributed by atoms with Crippen LogP contribution in [0.25, 0.3) is 0 Å². The van der Waals surface area contributed by atoms with Crippen molar-refractivity contribution >= 4 is 12.0 Å². The molecule has 2 saturated carbocycles. The molecule has 0 unspecified atom stereocenters. The molecule has 0 aromatic carbocycles. The van der Waals surface area contributed by atoms with Crippen molar-refractivity contribution in [2.24, 2.45) is 11.3 Å². The molecule has 8 heteroatoms. The van der Waals surface area contributed by atoms with Crippen LogP contribution in [-0.2, 0) is 4.79 Å². The van der Waals surface area contributed by atoms with E-state index in [1.807, 2.05) is 0 Å². The van der Waals surface area contributed by atoms with Crippen LogP contribution >= 0.6 is 0 Å². The van der Waals surface area contributed by atoms with E-state index < -0.39 is 11.4 Å². The lowest BCUT2D eigenvalue weighted by Gasteiger charge is -2.31. The fourth-order valence-corrected chi connectivity index (χ4v) is 5.11. The summed E-state index contributed by atoms with van der Waals surface area (Å²) >= 11 is 0. The summed E-state index contributed by atoms with van der Waals surface area (Å²) in [5.41, 5.74) is -0.320. The first-order valence-electron chi connectivity index (χ1n) is 10.3. The van der Waals surface area contributed by atoms with E-state index in [0.29, 0.717) is 31.0 Å². The largest absolute Gasteiger partial charge is 0.481 e. The van der Waals surface area contributed by atoms with Gasteiger partial charge in [0.1, 0.15) is 17.7 Å². The van der Waals surface area contributed by atoms with Crippen molar-refractivity contribution in [3.63, 3.8) is 0 Å². The summed E-state index contributed by atoms with van der Waals surface area (Å²) in [5.74, 6) is -0.327. The fourth-order valence-electron chi connectivity index (χ4n) is 5.11. The molecule has 2 atom stereocenters.